The zero-order valence-corrected chi connectivity index (χ0v) is 15.5. The molecule has 0 saturated heterocycles. The Morgan fingerprint density at radius 2 is 2.19 bits per heavy atom. The lowest BCUT2D eigenvalue weighted by Gasteiger charge is -2.55. The fourth-order valence-corrected chi connectivity index (χ4v) is 4.83. The first-order valence-corrected chi connectivity index (χ1v) is 9.42. The molecule has 6 heteroatoms. The van der Waals surface area contributed by atoms with Gasteiger partial charge in [-0.25, -0.2) is 0 Å². The summed E-state index contributed by atoms with van der Waals surface area (Å²) in [4.78, 5) is 25.2. The highest BCUT2D eigenvalue weighted by Gasteiger charge is 2.57. The van der Waals surface area contributed by atoms with Crippen molar-refractivity contribution in [3.05, 3.63) is 23.8 Å². The van der Waals surface area contributed by atoms with Crippen molar-refractivity contribution in [2.75, 3.05) is 7.11 Å². The molecule has 6 nitrogen and oxygen atoms in total. The summed E-state index contributed by atoms with van der Waals surface area (Å²) in [6.45, 7) is 3.96. The maximum atomic E-state index is 12.7. The largest absolute Gasteiger partial charge is 0.497 e. The highest BCUT2D eigenvalue weighted by Crippen LogP contribution is 2.52. The van der Waals surface area contributed by atoms with Crippen molar-refractivity contribution < 1.29 is 19.1 Å². The Labute approximate surface area is 153 Å². The molecular formula is C20H26N2O4. The van der Waals surface area contributed by atoms with Crippen molar-refractivity contribution in [3.63, 3.8) is 0 Å². The van der Waals surface area contributed by atoms with E-state index in [9.17, 15) is 9.59 Å². The van der Waals surface area contributed by atoms with E-state index in [-0.39, 0.29) is 35.6 Å². The predicted molar refractivity (Wildman–Crippen MR) is 96.0 cm³/mol. The van der Waals surface area contributed by atoms with E-state index in [1.807, 2.05) is 13.8 Å². The van der Waals surface area contributed by atoms with E-state index in [1.54, 1.807) is 25.3 Å². The molecule has 0 unspecified atom stereocenters. The van der Waals surface area contributed by atoms with Gasteiger partial charge in [0.15, 0.2) is 5.72 Å². The zero-order chi connectivity index (χ0) is 18.5. The second-order valence-electron chi connectivity index (χ2n) is 8.05. The van der Waals surface area contributed by atoms with Crippen LogP contribution >= 0.6 is 0 Å². The molecule has 4 atom stereocenters. The number of carbonyl (C=O) groups excluding carboxylic acids is 2. The SMILES string of the molecule is COc1ccc2c(c1)O[C@]1(C[C@H]3CC[C@H]1C[C@H]3C(=O)NC(C)C)NC2=O. The van der Waals surface area contributed by atoms with E-state index in [4.69, 9.17) is 9.47 Å². The van der Waals surface area contributed by atoms with Gasteiger partial charge in [0, 0.05) is 30.4 Å². The number of hydrogen-bond donors (Lipinski definition) is 2. The predicted octanol–water partition coefficient (Wildman–Crippen LogP) is 2.47. The maximum Gasteiger partial charge on any atom is 0.258 e. The lowest BCUT2D eigenvalue weighted by Crippen LogP contribution is -2.67. The normalized spacial score (nSPS) is 32.0. The van der Waals surface area contributed by atoms with Crippen LogP contribution in [0.4, 0.5) is 0 Å². The van der Waals surface area contributed by atoms with E-state index < -0.39 is 5.72 Å². The first-order chi connectivity index (χ1) is 12.4. The van der Waals surface area contributed by atoms with Gasteiger partial charge in [-0.1, -0.05) is 0 Å². The second-order valence-corrected chi connectivity index (χ2v) is 8.05. The fraction of sp³-hybridized carbons (Fsp3) is 0.600. The minimum atomic E-state index is -0.700. The molecule has 1 spiro atoms. The van der Waals surface area contributed by atoms with Crippen molar-refractivity contribution in [2.45, 2.75) is 51.3 Å². The number of amides is 2. The van der Waals surface area contributed by atoms with Crippen molar-refractivity contribution in [2.24, 2.45) is 17.8 Å². The minimum absolute atomic E-state index is 0.00832. The number of hydrogen-bond acceptors (Lipinski definition) is 4. The Bertz CT molecular complexity index is 747. The van der Waals surface area contributed by atoms with Crippen LogP contribution in [-0.4, -0.2) is 30.7 Å². The summed E-state index contributed by atoms with van der Waals surface area (Å²) in [5, 5.41) is 6.17. The number of methoxy groups -OCH3 is 1. The molecule has 3 fully saturated rings. The number of carbonyl (C=O) groups is 2. The van der Waals surface area contributed by atoms with E-state index in [0.717, 1.165) is 19.3 Å². The van der Waals surface area contributed by atoms with Crippen LogP contribution in [0.5, 0.6) is 11.5 Å². The Balaban J connectivity index is 1.59. The molecule has 3 aliphatic carbocycles. The molecule has 2 bridgehead atoms. The Kier molecular flexibility index (Phi) is 4.09. The van der Waals surface area contributed by atoms with E-state index in [2.05, 4.69) is 10.6 Å². The number of benzene rings is 1. The zero-order valence-electron chi connectivity index (χ0n) is 15.5. The quantitative estimate of drug-likeness (QED) is 0.870. The van der Waals surface area contributed by atoms with Crippen LogP contribution in [0.3, 0.4) is 0 Å². The third-order valence-corrected chi connectivity index (χ3v) is 6.04. The molecule has 3 saturated carbocycles. The van der Waals surface area contributed by atoms with Crippen molar-refractivity contribution in [1.82, 2.24) is 10.6 Å². The monoisotopic (exact) mass is 358 g/mol. The van der Waals surface area contributed by atoms with Crippen LogP contribution in [0, 0.1) is 17.8 Å². The molecule has 26 heavy (non-hydrogen) atoms. The summed E-state index contributed by atoms with van der Waals surface area (Å²) in [5.74, 6) is 1.64. The molecule has 1 heterocycles. The van der Waals surface area contributed by atoms with Gasteiger partial charge in [-0.2, -0.15) is 0 Å². The molecule has 0 radical (unpaired) electrons. The molecular weight excluding hydrogens is 332 g/mol. The van der Waals surface area contributed by atoms with E-state index in [0.29, 0.717) is 23.5 Å². The molecule has 1 aromatic rings. The molecule has 1 aromatic carbocycles. The number of fused-ring (bicyclic) bond motifs is 3. The van der Waals surface area contributed by atoms with Crippen LogP contribution in [0.1, 0.15) is 49.9 Å². The van der Waals surface area contributed by atoms with Gasteiger partial charge in [0.05, 0.1) is 12.7 Å². The van der Waals surface area contributed by atoms with Crippen LogP contribution < -0.4 is 20.1 Å². The topological polar surface area (TPSA) is 76.7 Å². The number of rotatable bonds is 3. The lowest BCUT2D eigenvalue weighted by molar-refractivity contribution is -0.147. The smallest absolute Gasteiger partial charge is 0.258 e. The van der Waals surface area contributed by atoms with Crippen LogP contribution in [0.2, 0.25) is 0 Å². The van der Waals surface area contributed by atoms with Crippen molar-refractivity contribution in [3.8, 4) is 11.5 Å². The van der Waals surface area contributed by atoms with Gasteiger partial charge in [-0.15, -0.1) is 0 Å². The Morgan fingerprint density at radius 3 is 2.85 bits per heavy atom. The Hall–Kier alpha value is -2.24. The fourth-order valence-electron chi connectivity index (χ4n) is 4.83. The lowest BCUT2D eigenvalue weighted by atomic mass is 9.60. The summed E-state index contributed by atoms with van der Waals surface area (Å²) in [7, 11) is 1.60. The number of ether oxygens (including phenoxy) is 2. The summed E-state index contributed by atoms with van der Waals surface area (Å²) >= 11 is 0. The van der Waals surface area contributed by atoms with Gasteiger partial charge in [-0.3, -0.25) is 9.59 Å². The third kappa shape index (κ3) is 2.72. The first-order valence-electron chi connectivity index (χ1n) is 9.42. The van der Waals surface area contributed by atoms with Gasteiger partial charge >= 0.3 is 0 Å². The summed E-state index contributed by atoms with van der Waals surface area (Å²) in [6.07, 6.45) is 3.40. The van der Waals surface area contributed by atoms with Crippen LogP contribution in [0.15, 0.2) is 18.2 Å². The van der Waals surface area contributed by atoms with Crippen LogP contribution in [-0.2, 0) is 4.79 Å². The van der Waals surface area contributed by atoms with Gasteiger partial charge in [-0.05, 0) is 51.2 Å². The molecule has 2 N–H and O–H groups in total. The number of nitrogens with one attached hydrogen (secondary N) is 2. The highest BCUT2D eigenvalue weighted by atomic mass is 16.5. The summed E-state index contributed by atoms with van der Waals surface area (Å²) in [5.41, 5.74) is -0.166. The van der Waals surface area contributed by atoms with Gasteiger partial charge in [0.25, 0.3) is 5.91 Å². The maximum absolute atomic E-state index is 12.7. The molecule has 140 valence electrons. The van der Waals surface area contributed by atoms with Crippen LogP contribution in [0.25, 0.3) is 0 Å². The third-order valence-electron chi connectivity index (χ3n) is 6.04. The van der Waals surface area contributed by atoms with Gasteiger partial charge < -0.3 is 20.1 Å². The molecule has 2 amide bonds. The molecule has 4 aliphatic rings. The van der Waals surface area contributed by atoms with Gasteiger partial charge in [0.2, 0.25) is 5.91 Å². The molecule has 5 rings (SSSR count). The Morgan fingerprint density at radius 1 is 1.38 bits per heavy atom. The van der Waals surface area contributed by atoms with Crippen molar-refractivity contribution >= 4 is 11.8 Å². The first kappa shape index (κ1) is 17.2. The molecule has 0 aromatic heterocycles. The van der Waals surface area contributed by atoms with Gasteiger partial charge in [0.1, 0.15) is 11.5 Å². The van der Waals surface area contributed by atoms with E-state index >= 15 is 0 Å². The van der Waals surface area contributed by atoms with Crippen molar-refractivity contribution in [1.29, 1.82) is 0 Å². The molecule has 1 aliphatic heterocycles. The standard InChI is InChI=1S/C20H26N2O4/c1-11(2)21-18(23)16-8-13-5-4-12(16)10-20(13)22-19(24)15-7-6-14(25-3)9-17(15)26-20/h6-7,9,11-13,16H,4-5,8,10H2,1-3H3,(H,21,23)(H,22,24)/t12-,13+,16-,20+/m1/s1. The minimum Gasteiger partial charge on any atom is -0.497 e. The average Bonchev–Trinajstić information content (AvgIpc) is 2.60. The average molecular weight is 358 g/mol. The highest BCUT2D eigenvalue weighted by molar-refractivity contribution is 5.98. The second kappa shape index (κ2) is 6.18. The summed E-state index contributed by atoms with van der Waals surface area (Å²) < 4.78 is 11.6. The van der Waals surface area contributed by atoms with E-state index in [1.165, 1.54) is 0 Å². The summed E-state index contributed by atoms with van der Waals surface area (Å²) in [6, 6.07) is 5.41.